The topological polar surface area (TPSA) is 56.5 Å². The Kier molecular flexibility index (Phi) is 2.89. The molecule has 0 fully saturated rings. The third kappa shape index (κ3) is 1.93. The van der Waals surface area contributed by atoms with E-state index in [0.717, 1.165) is 21.0 Å². The summed E-state index contributed by atoms with van der Waals surface area (Å²) in [5.41, 5.74) is 0. The summed E-state index contributed by atoms with van der Waals surface area (Å²) in [6.45, 7) is 0. The number of fused-ring (bicyclic) bond motifs is 1. The Morgan fingerprint density at radius 3 is 2.67 bits per heavy atom. The first-order valence-electron chi connectivity index (χ1n) is 5.18. The van der Waals surface area contributed by atoms with Gasteiger partial charge in [0.05, 0.1) is 0 Å². The predicted octanol–water partition coefficient (Wildman–Crippen LogP) is 2.56. The smallest absolute Gasteiger partial charge is 0.192 e. The highest BCUT2D eigenvalue weighted by Crippen LogP contribution is 2.31. The fourth-order valence-electron chi connectivity index (χ4n) is 1.59. The summed E-state index contributed by atoms with van der Waals surface area (Å²) in [5.74, 6) is 0. The predicted molar refractivity (Wildman–Crippen MR) is 69.7 cm³/mol. The molecule has 3 aromatic rings. The lowest BCUT2D eigenvalue weighted by atomic mass is 10.2. The molecule has 2 heterocycles. The molecular formula is C11H8ClN5S. The van der Waals surface area contributed by atoms with E-state index in [1.807, 2.05) is 31.3 Å². The van der Waals surface area contributed by atoms with E-state index in [9.17, 15) is 0 Å². The van der Waals surface area contributed by atoms with Crippen molar-refractivity contribution in [2.24, 2.45) is 7.05 Å². The largest absolute Gasteiger partial charge is 0.244 e. The van der Waals surface area contributed by atoms with Crippen LogP contribution in [0.4, 0.5) is 0 Å². The zero-order chi connectivity index (χ0) is 12.5. The molecule has 0 radical (unpaired) electrons. The zero-order valence-corrected chi connectivity index (χ0v) is 11.0. The van der Waals surface area contributed by atoms with Crippen molar-refractivity contribution in [2.45, 2.75) is 10.2 Å². The number of hydrogen-bond donors (Lipinski definition) is 0. The van der Waals surface area contributed by atoms with Gasteiger partial charge in [-0.15, -0.1) is 10.2 Å². The zero-order valence-electron chi connectivity index (χ0n) is 9.41. The van der Waals surface area contributed by atoms with Gasteiger partial charge >= 0.3 is 0 Å². The van der Waals surface area contributed by atoms with Gasteiger partial charge in [0.15, 0.2) is 10.3 Å². The minimum Gasteiger partial charge on any atom is -0.244 e. The van der Waals surface area contributed by atoms with Gasteiger partial charge in [-0.05, 0) is 11.8 Å². The second kappa shape index (κ2) is 4.55. The molecule has 0 saturated heterocycles. The van der Waals surface area contributed by atoms with Crippen LogP contribution >= 0.6 is 23.4 Å². The summed E-state index contributed by atoms with van der Waals surface area (Å²) in [7, 11) is 1.83. The summed E-state index contributed by atoms with van der Waals surface area (Å²) in [6.07, 6.45) is 1.51. The molecule has 0 aliphatic heterocycles. The highest BCUT2D eigenvalue weighted by atomic mass is 35.5. The van der Waals surface area contributed by atoms with Crippen molar-refractivity contribution in [3.05, 3.63) is 35.7 Å². The Morgan fingerprint density at radius 2 is 1.94 bits per heavy atom. The maximum atomic E-state index is 6.03. The van der Waals surface area contributed by atoms with E-state index in [1.54, 1.807) is 4.68 Å². The van der Waals surface area contributed by atoms with Crippen LogP contribution in [0.5, 0.6) is 0 Å². The fourth-order valence-corrected chi connectivity index (χ4v) is 2.61. The number of aromatic nitrogens is 5. The first-order valence-corrected chi connectivity index (χ1v) is 6.38. The van der Waals surface area contributed by atoms with Crippen LogP contribution < -0.4 is 0 Å². The van der Waals surface area contributed by atoms with Crippen molar-refractivity contribution in [2.75, 3.05) is 0 Å². The van der Waals surface area contributed by atoms with Crippen LogP contribution in [-0.4, -0.2) is 25.0 Å². The third-order valence-corrected chi connectivity index (χ3v) is 3.79. The molecule has 0 amide bonds. The van der Waals surface area contributed by atoms with E-state index >= 15 is 0 Å². The molecular weight excluding hydrogens is 270 g/mol. The lowest BCUT2D eigenvalue weighted by molar-refractivity contribution is 0.684. The van der Waals surface area contributed by atoms with Gasteiger partial charge in [0.1, 0.15) is 11.4 Å². The maximum Gasteiger partial charge on any atom is 0.192 e. The second-order valence-corrected chi connectivity index (χ2v) is 4.92. The molecule has 7 heteroatoms. The van der Waals surface area contributed by atoms with E-state index in [0.29, 0.717) is 5.15 Å². The van der Waals surface area contributed by atoms with Crippen LogP contribution in [-0.2, 0) is 7.05 Å². The average molecular weight is 278 g/mol. The molecule has 0 atom stereocenters. The van der Waals surface area contributed by atoms with E-state index in [2.05, 4.69) is 20.3 Å². The molecule has 0 saturated carbocycles. The molecule has 18 heavy (non-hydrogen) atoms. The molecule has 0 aliphatic carbocycles. The molecule has 1 aromatic carbocycles. The number of halogens is 1. The lowest BCUT2D eigenvalue weighted by Gasteiger charge is -2.04. The van der Waals surface area contributed by atoms with Gasteiger partial charge < -0.3 is 0 Å². The number of nitrogens with zero attached hydrogens (tertiary/aromatic N) is 5. The van der Waals surface area contributed by atoms with Gasteiger partial charge in [-0.3, -0.25) is 0 Å². The summed E-state index contributed by atoms with van der Waals surface area (Å²) in [6, 6.07) is 7.76. The molecule has 0 bridgehead atoms. The van der Waals surface area contributed by atoms with Crippen molar-refractivity contribution >= 4 is 34.1 Å². The highest BCUT2D eigenvalue weighted by Gasteiger charge is 2.11. The van der Waals surface area contributed by atoms with Gasteiger partial charge in [0, 0.05) is 17.8 Å². The monoisotopic (exact) mass is 277 g/mol. The number of aryl methyl sites for hydroxylation is 1. The van der Waals surface area contributed by atoms with Crippen LogP contribution in [0.3, 0.4) is 0 Å². The van der Waals surface area contributed by atoms with E-state index in [1.165, 1.54) is 18.1 Å². The van der Waals surface area contributed by atoms with Crippen LogP contribution in [0.15, 0.2) is 40.8 Å². The van der Waals surface area contributed by atoms with Crippen LogP contribution in [0.2, 0.25) is 5.15 Å². The van der Waals surface area contributed by atoms with Crippen LogP contribution in [0, 0.1) is 0 Å². The van der Waals surface area contributed by atoms with Gasteiger partial charge in [-0.1, -0.05) is 35.9 Å². The molecule has 0 unspecified atom stereocenters. The minimum absolute atomic E-state index is 0.410. The summed E-state index contributed by atoms with van der Waals surface area (Å²) in [4.78, 5) is 4.15. The first kappa shape index (κ1) is 11.4. The maximum absolute atomic E-state index is 6.03. The summed E-state index contributed by atoms with van der Waals surface area (Å²) < 4.78 is 1.69. The SMILES string of the molecule is Cn1ncnc1Sc1nnc(Cl)c2ccccc12. The van der Waals surface area contributed by atoms with E-state index in [-0.39, 0.29) is 0 Å². The molecule has 0 N–H and O–H groups in total. The fraction of sp³-hybridized carbons (Fsp3) is 0.0909. The van der Waals surface area contributed by atoms with Crippen molar-refractivity contribution < 1.29 is 0 Å². The Morgan fingerprint density at radius 1 is 1.17 bits per heavy atom. The van der Waals surface area contributed by atoms with Crippen molar-refractivity contribution in [1.82, 2.24) is 25.0 Å². The van der Waals surface area contributed by atoms with Gasteiger partial charge in [0.25, 0.3) is 0 Å². The molecule has 0 spiro atoms. The van der Waals surface area contributed by atoms with Crippen molar-refractivity contribution in [3.63, 3.8) is 0 Å². The summed E-state index contributed by atoms with van der Waals surface area (Å²) >= 11 is 7.44. The Bertz CT molecular complexity index is 711. The van der Waals surface area contributed by atoms with Crippen LogP contribution in [0.25, 0.3) is 10.8 Å². The minimum atomic E-state index is 0.410. The molecule has 2 aromatic heterocycles. The molecule has 3 rings (SSSR count). The van der Waals surface area contributed by atoms with Crippen LogP contribution in [0.1, 0.15) is 0 Å². The van der Waals surface area contributed by atoms with Crippen molar-refractivity contribution in [3.8, 4) is 0 Å². The molecule has 5 nitrogen and oxygen atoms in total. The normalized spacial score (nSPS) is 11.0. The standard InChI is InChI=1S/C11H8ClN5S/c1-17-11(13-6-14-17)18-10-8-5-3-2-4-7(8)9(12)15-16-10/h2-6H,1H3. The Labute approximate surface area is 112 Å². The lowest BCUT2D eigenvalue weighted by Crippen LogP contribution is -1.95. The third-order valence-electron chi connectivity index (χ3n) is 2.47. The Balaban J connectivity index is 2.13. The van der Waals surface area contributed by atoms with Crippen molar-refractivity contribution in [1.29, 1.82) is 0 Å². The van der Waals surface area contributed by atoms with Gasteiger partial charge in [-0.25, -0.2) is 9.67 Å². The average Bonchev–Trinajstić information content (AvgIpc) is 2.79. The quantitative estimate of drug-likeness (QED) is 0.720. The second-order valence-electron chi connectivity index (χ2n) is 3.61. The molecule has 90 valence electrons. The van der Waals surface area contributed by atoms with Gasteiger partial charge in [-0.2, -0.15) is 5.10 Å². The van der Waals surface area contributed by atoms with Gasteiger partial charge in [0.2, 0.25) is 0 Å². The summed E-state index contributed by atoms with van der Waals surface area (Å²) in [5, 5.41) is 15.9. The molecule has 0 aliphatic rings. The van der Waals surface area contributed by atoms with E-state index in [4.69, 9.17) is 11.6 Å². The van der Waals surface area contributed by atoms with E-state index < -0.39 is 0 Å². The highest BCUT2D eigenvalue weighted by molar-refractivity contribution is 7.99. The number of hydrogen-bond acceptors (Lipinski definition) is 5. The first-order chi connectivity index (χ1) is 8.75. The number of rotatable bonds is 2. The Hall–Kier alpha value is -1.66. The number of benzene rings is 1.